The summed E-state index contributed by atoms with van der Waals surface area (Å²) in [7, 11) is 0. The second-order valence-corrected chi connectivity index (χ2v) is 2.15. The van der Waals surface area contributed by atoms with Crippen LogP contribution in [0.2, 0.25) is 0 Å². The van der Waals surface area contributed by atoms with Gasteiger partial charge in [0.1, 0.15) is 0 Å². The standard InChI is InChI=1S/C7H7NO3.H2/c1-2-5(9)4-3-6(10)8-7(4)11;/h3H,2H2,1H3,(H,8,10,11);1H. The molecule has 1 N–H and O–H groups in total. The Morgan fingerprint density at radius 2 is 2.27 bits per heavy atom. The molecule has 0 aromatic heterocycles. The van der Waals surface area contributed by atoms with Gasteiger partial charge in [-0.2, -0.15) is 0 Å². The number of carbonyl (C=O) groups is 3. The van der Waals surface area contributed by atoms with Gasteiger partial charge in [0.15, 0.2) is 5.78 Å². The maximum atomic E-state index is 10.9. The molecular formula is C7H9NO3. The summed E-state index contributed by atoms with van der Waals surface area (Å²) in [5.74, 6) is -1.39. The van der Waals surface area contributed by atoms with Crippen molar-refractivity contribution in [1.82, 2.24) is 5.32 Å². The van der Waals surface area contributed by atoms with Crippen LogP contribution in [0.4, 0.5) is 0 Å². The lowest BCUT2D eigenvalue weighted by atomic mass is 10.1. The highest BCUT2D eigenvalue weighted by molar-refractivity contribution is 6.30. The third kappa shape index (κ3) is 1.34. The Hall–Kier alpha value is -1.45. The molecule has 0 spiro atoms. The van der Waals surface area contributed by atoms with Gasteiger partial charge in [0.05, 0.1) is 5.57 Å². The van der Waals surface area contributed by atoms with Crippen LogP contribution in [0.3, 0.4) is 0 Å². The van der Waals surface area contributed by atoms with Crippen LogP contribution in [0.15, 0.2) is 11.6 Å². The van der Waals surface area contributed by atoms with E-state index in [2.05, 4.69) is 0 Å². The van der Waals surface area contributed by atoms with Gasteiger partial charge in [-0.05, 0) is 0 Å². The van der Waals surface area contributed by atoms with Crippen molar-refractivity contribution in [2.45, 2.75) is 13.3 Å². The Labute approximate surface area is 64.8 Å². The molecule has 1 aliphatic heterocycles. The zero-order valence-electron chi connectivity index (χ0n) is 6.01. The zero-order chi connectivity index (χ0) is 8.43. The molecule has 0 saturated carbocycles. The molecule has 2 amide bonds. The maximum absolute atomic E-state index is 10.9. The van der Waals surface area contributed by atoms with E-state index < -0.39 is 11.8 Å². The Morgan fingerprint density at radius 3 is 2.64 bits per heavy atom. The van der Waals surface area contributed by atoms with E-state index in [4.69, 9.17) is 0 Å². The number of carbonyl (C=O) groups excluding carboxylic acids is 3. The zero-order valence-corrected chi connectivity index (χ0v) is 6.01. The molecule has 60 valence electrons. The lowest BCUT2D eigenvalue weighted by Gasteiger charge is -1.92. The molecule has 0 bridgehead atoms. The molecule has 1 aliphatic rings. The van der Waals surface area contributed by atoms with Gasteiger partial charge in [0.2, 0.25) is 0 Å². The number of amides is 2. The Kier molecular flexibility index (Phi) is 1.85. The summed E-state index contributed by atoms with van der Waals surface area (Å²) >= 11 is 0. The first-order valence-corrected chi connectivity index (χ1v) is 3.25. The summed E-state index contributed by atoms with van der Waals surface area (Å²) in [5.41, 5.74) is -0.0301. The second-order valence-electron chi connectivity index (χ2n) is 2.15. The first kappa shape index (κ1) is 7.65. The van der Waals surface area contributed by atoms with Crippen molar-refractivity contribution in [3.05, 3.63) is 11.6 Å². The van der Waals surface area contributed by atoms with Crippen molar-refractivity contribution in [3.8, 4) is 0 Å². The molecule has 0 fully saturated rings. The summed E-state index contributed by atoms with van der Waals surface area (Å²) in [6, 6.07) is 0. The maximum Gasteiger partial charge on any atom is 0.261 e. The van der Waals surface area contributed by atoms with E-state index in [0.717, 1.165) is 6.08 Å². The quantitative estimate of drug-likeness (QED) is 0.443. The van der Waals surface area contributed by atoms with Crippen molar-refractivity contribution in [2.24, 2.45) is 0 Å². The average molecular weight is 155 g/mol. The highest BCUT2D eigenvalue weighted by Gasteiger charge is 2.24. The molecule has 11 heavy (non-hydrogen) atoms. The van der Waals surface area contributed by atoms with E-state index in [1.54, 1.807) is 6.92 Å². The van der Waals surface area contributed by atoms with E-state index in [-0.39, 0.29) is 19.2 Å². The van der Waals surface area contributed by atoms with Gasteiger partial charge in [0.25, 0.3) is 11.8 Å². The molecule has 1 heterocycles. The fourth-order valence-electron chi connectivity index (χ4n) is 0.810. The van der Waals surface area contributed by atoms with E-state index in [0.29, 0.717) is 0 Å². The van der Waals surface area contributed by atoms with Gasteiger partial charge in [-0.1, -0.05) is 6.92 Å². The number of rotatable bonds is 2. The van der Waals surface area contributed by atoms with Crippen LogP contribution in [-0.2, 0) is 14.4 Å². The van der Waals surface area contributed by atoms with Crippen molar-refractivity contribution in [3.63, 3.8) is 0 Å². The predicted molar refractivity (Wildman–Crippen MR) is 38.6 cm³/mol. The molecule has 0 unspecified atom stereocenters. The Morgan fingerprint density at radius 1 is 1.64 bits per heavy atom. The molecule has 0 atom stereocenters. The third-order valence-corrected chi connectivity index (χ3v) is 1.38. The molecular weight excluding hydrogens is 146 g/mol. The SMILES string of the molecule is CCC(=O)C1=CC(=O)NC1=O.[HH]. The van der Waals surface area contributed by atoms with E-state index in [1.807, 2.05) is 5.32 Å². The van der Waals surface area contributed by atoms with Crippen LogP contribution < -0.4 is 5.32 Å². The highest BCUT2D eigenvalue weighted by atomic mass is 16.2. The monoisotopic (exact) mass is 155 g/mol. The predicted octanol–water partition coefficient (Wildman–Crippen LogP) is -0.206. The largest absolute Gasteiger partial charge is 0.294 e. The van der Waals surface area contributed by atoms with E-state index in [9.17, 15) is 14.4 Å². The van der Waals surface area contributed by atoms with Crippen molar-refractivity contribution in [2.75, 3.05) is 0 Å². The van der Waals surface area contributed by atoms with Crippen LogP contribution >= 0.6 is 0 Å². The first-order chi connectivity index (χ1) is 5.15. The van der Waals surface area contributed by atoms with Crippen molar-refractivity contribution >= 4 is 17.6 Å². The lowest BCUT2D eigenvalue weighted by Crippen LogP contribution is -2.24. The number of hydrogen-bond donors (Lipinski definition) is 1. The molecule has 1 rings (SSSR count). The summed E-state index contributed by atoms with van der Waals surface area (Å²) < 4.78 is 0. The van der Waals surface area contributed by atoms with Gasteiger partial charge in [0, 0.05) is 13.9 Å². The van der Waals surface area contributed by atoms with Gasteiger partial charge in [-0.25, -0.2) is 0 Å². The van der Waals surface area contributed by atoms with E-state index >= 15 is 0 Å². The summed E-state index contributed by atoms with van der Waals surface area (Å²) in [6.45, 7) is 1.64. The minimum atomic E-state index is -0.582. The van der Waals surface area contributed by atoms with Gasteiger partial charge >= 0.3 is 0 Å². The van der Waals surface area contributed by atoms with Crippen LogP contribution in [0.1, 0.15) is 14.8 Å². The number of Topliss-reactive ketones (excluding diaryl/α,β-unsaturated/α-hetero) is 1. The molecule has 0 radical (unpaired) electrons. The number of hydrogen-bond acceptors (Lipinski definition) is 3. The summed E-state index contributed by atoms with van der Waals surface area (Å²) in [6.07, 6.45) is 1.28. The lowest BCUT2D eigenvalue weighted by molar-refractivity contribution is -0.124. The van der Waals surface area contributed by atoms with Crippen LogP contribution in [0.5, 0.6) is 0 Å². The number of imide groups is 1. The molecule has 0 aromatic carbocycles. The molecule has 4 nitrogen and oxygen atoms in total. The summed E-state index contributed by atoms with van der Waals surface area (Å²) in [4.78, 5) is 32.2. The summed E-state index contributed by atoms with van der Waals surface area (Å²) in [5, 5.41) is 1.99. The topological polar surface area (TPSA) is 63.2 Å². The van der Waals surface area contributed by atoms with Gasteiger partial charge < -0.3 is 0 Å². The van der Waals surface area contributed by atoms with Crippen molar-refractivity contribution < 1.29 is 15.8 Å². The fraction of sp³-hybridized carbons (Fsp3) is 0.286. The van der Waals surface area contributed by atoms with Crippen LogP contribution in [-0.4, -0.2) is 17.6 Å². The normalized spacial score (nSPS) is 16.3. The van der Waals surface area contributed by atoms with Gasteiger partial charge in [-0.15, -0.1) is 0 Å². The fourth-order valence-corrected chi connectivity index (χ4v) is 0.810. The number of ketones is 1. The minimum Gasteiger partial charge on any atom is -0.294 e. The average Bonchev–Trinajstić information content (AvgIpc) is 2.28. The molecule has 0 aliphatic carbocycles. The van der Waals surface area contributed by atoms with Crippen LogP contribution in [0.25, 0.3) is 0 Å². The Bertz CT molecular complexity index is 270. The molecule has 4 heteroatoms. The van der Waals surface area contributed by atoms with Gasteiger partial charge in [-0.3, -0.25) is 19.7 Å². The van der Waals surface area contributed by atoms with Crippen LogP contribution in [0, 0.1) is 0 Å². The smallest absolute Gasteiger partial charge is 0.261 e. The van der Waals surface area contributed by atoms with Crippen molar-refractivity contribution in [1.29, 1.82) is 0 Å². The number of nitrogens with one attached hydrogen (secondary N) is 1. The van der Waals surface area contributed by atoms with E-state index in [1.165, 1.54) is 0 Å². The molecule has 0 aromatic rings. The molecule has 0 saturated heterocycles. The Balaban J connectivity index is 0.00000121. The third-order valence-electron chi connectivity index (χ3n) is 1.38. The minimum absolute atomic E-state index is 0. The second kappa shape index (κ2) is 2.65. The highest BCUT2D eigenvalue weighted by Crippen LogP contribution is 2.05. The first-order valence-electron chi connectivity index (χ1n) is 3.25.